The summed E-state index contributed by atoms with van der Waals surface area (Å²) in [5.74, 6) is 0.973. The van der Waals surface area contributed by atoms with Crippen LogP contribution in [0.15, 0.2) is 5.38 Å². The van der Waals surface area contributed by atoms with E-state index in [2.05, 4.69) is 22.3 Å². The first-order valence-corrected chi connectivity index (χ1v) is 6.00. The fourth-order valence-electron chi connectivity index (χ4n) is 1.58. The Morgan fingerprint density at radius 1 is 1.64 bits per heavy atom. The van der Waals surface area contributed by atoms with E-state index in [1.807, 2.05) is 0 Å². The monoisotopic (exact) mass is 211 g/mol. The van der Waals surface area contributed by atoms with E-state index in [0.29, 0.717) is 5.13 Å². The minimum atomic E-state index is 0.685. The number of thiazole rings is 1. The SMILES string of the molecule is CN(CCc1csc(N)n1)CC1CC1. The Morgan fingerprint density at radius 2 is 2.43 bits per heavy atom. The van der Waals surface area contributed by atoms with Crippen molar-refractivity contribution in [3.63, 3.8) is 0 Å². The standard InChI is InChI=1S/C10H17N3S/c1-13(6-8-2-3-8)5-4-9-7-14-10(11)12-9/h7-8H,2-6H2,1H3,(H2,11,12). The first kappa shape index (κ1) is 9.93. The molecule has 14 heavy (non-hydrogen) atoms. The van der Waals surface area contributed by atoms with Crippen LogP contribution in [0.3, 0.4) is 0 Å². The number of nitrogens with two attached hydrogens (primary N) is 1. The first-order valence-electron chi connectivity index (χ1n) is 5.12. The third-order valence-electron chi connectivity index (χ3n) is 2.59. The van der Waals surface area contributed by atoms with Crippen LogP contribution in [-0.4, -0.2) is 30.0 Å². The summed E-state index contributed by atoms with van der Waals surface area (Å²) in [6.07, 6.45) is 3.87. The highest BCUT2D eigenvalue weighted by molar-refractivity contribution is 7.13. The Balaban J connectivity index is 1.70. The Kier molecular flexibility index (Phi) is 3.03. The summed E-state index contributed by atoms with van der Waals surface area (Å²) in [4.78, 5) is 6.64. The van der Waals surface area contributed by atoms with Crippen LogP contribution < -0.4 is 5.73 Å². The maximum absolute atomic E-state index is 5.57. The smallest absolute Gasteiger partial charge is 0.180 e. The van der Waals surface area contributed by atoms with E-state index < -0.39 is 0 Å². The van der Waals surface area contributed by atoms with Gasteiger partial charge in [-0.05, 0) is 25.8 Å². The summed E-state index contributed by atoms with van der Waals surface area (Å²) < 4.78 is 0. The maximum atomic E-state index is 5.57. The zero-order valence-electron chi connectivity index (χ0n) is 8.57. The number of anilines is 1. The molecule has 0 aliphatic heterocycles. The molecule has 4 heteroatoms. The van der Waals surface area contributed by atoms with Gasteiger partial charge in [-0.15, -0.1) is 11.3 Å². The van der Waals surface area contributed by atoms with Crippen molar-refractivity contribution in [1.82, 2.24) is 9.88 Å². The van der Waals surface area contributed by atoms with Gasteiger partial charge in [-0.2, -0.15) is 0 Å². The van der Waals surface area contributed by atoms with Gasteiger partial charge in [0.1, 0.15) is 0 Å². The van der Waals surface area contributed by atoms with Crippen LogP contribution in [0.25, 0.3) is 0 Å². The topological polar surface area (TPSA) is 42.1 Å². The van der Waals surface area contributed by atoms with Gasteiger partial charge in [0.25, 0.3) is 0 Å². The van der Waals surface area contributed by atoms with Gasteiger partial charge >= 0.3 is 0 Å². The molecule has 0 amide bonds. The Labute approximate surface area is 88.9 Å². The summed E-state index contributed by atoms with van der Waals surface area (Å²) in [5, 5.41) is 2.74. The number of aromatic nitrogens is 1. The summed E-state index contributed by atoms with van der Waals surface area (Å²) in [7, 11) is 2.19. The van der Waals surface area contributed by atoms with E-state index >= 15 is 0 Å². The third-order valence-corrected chi connectivity index (χ3v) is 3.31. The lowest BCUT2D eigenvalue weighted by Crippen LogP contribution is -2.23. The van der Waals surface area contributed by atoms with Gasteiger partial charge in [0.05, 0.1) is 5.69 Å². The van der Waals surface area contributed by atoms with Crippen molar-refractivity contribution >= 4 is 16.5 Å². The number of hydrogen-bond acceptors (Lipinski definition) is 4. The molecule has 0 aromatic carbocycles. The minimum absolute atomic E-state index is 0.685. The van der Waals surface area contributed by atoms with Crippen molar-refractivity contribution < 1.29 is 0 Å². The van der Waals surface area contributed by atoms with E-state index in [-0.39, 0.29) is 0 Å². The van der Waals surface area contributed by atoms with E-state index in [1.54, 1.807) is 0 Å². The average molecular weight is 211 g/mol. The molecular formula is C10H17N3S. The van der Waals surface area contributed by atoms with Crippen LogP contribution in [0.5, 0.6) is 0 Å². The quantitative estimate of drug-likeness (QED) is 0.804. The largest absolute Gasteiger partial charge is 0.375 e. The summed E-state index contributed by atoms with van der Waals surface area (Å²) in [6, 6.07) is 0. The fourth-order valence-corrected chi connectivity index (χ4v) is 2.17. The second-order valence-corrected chi connectivity index (χ2v) is 5.02. The van der Waals surface area contributed by atoms with Gasteiger partial charge in [0.2, 0.25) is 0 Å². The number of nitrogens with zero attached hydrogens (tertiary/aromatic N) is 2. The molecule has 1 fully saturated rings. The van der Waals surface area contributed by atoms with Crippen LogP contribution >= 0.6 is 11.3 Å². The molecule has 0 saturated heterocycles. The lowest BCUT2D eigenvalue weighted by molar-refractivity contribution is 0.323. The van der Waals surface area contributed by atoms with Crippen LogP contribution in [-0.2, 0) is 6.42 Å². The molecule has 0 atom stereocenters. The number of rotatable bonds is 5. The molecule has 1 saturated carbocycles. The lowest BCUT2D eigenvalue weighted by atomic mass is 10.3. The lowest BCUT2D eigenvalue weighted by Gasteiger charge is -2.14. The molecule has 1 aliphatic carbocycles. The molecule has 0 radical (unpaired) electrons. The molecule has 1 aromatic rings. The zero-order chi connectivity index (χ0) is 9.97. The highest BCUT2D eigenvalue weighted by atomic mass is 32.1. The highest BCUT2D eigenvalue weighted by Gasteiger charge is 2.22. The fraction of sp³-hybridized carbons (Fsp3) is 0.700. The van der Waals surface area contributed by atoms with Crippen molar-refractivity contribution in [3.05, 3.63) is 11.1 Å². The minimum Gasteiger partial charge on any atom is -0.375 e. The molecular weight excluding hydrogens is 194 g/mol. The van der Waals surface area contributed by atoms with Crippen molar-refractivity contribution in [2.45, 2.75) is 19.3 Å². The molecule has 3 nitrogen and oxygen atoms in total. The molecule has 2 rings (SSSR count). The van der Waals surface area contributed by atoms with E-state index in [9.17, 15) is 0 Å². The van der Waals surface area contributed by atoms with Crippen molar-refractivity contribution in [2.24, 2.45) is 5.92 Å². The first-order chi connectivity index (χ1) is 6.74. The molecule has 0 bridgehead atoms. The maximum Gasteiger partial charge on any atom is 0.180 e. The number of likely N-dealkylation sites (N-methyl/N-ethyl adjacent to an activating group) is 1. The van der Waals surface area contributed by atoms with Crippen molar-refractivity contribution in [1.29, 1.82) is 0 Å². The molecule has 1 aromatic heterocycles. The number of nitrogen functional groups attached to an aromatic ring is 1. The number of hydrogen-bond donors (Lipinski definition) is 1. The van der Waals surface area contributed by atoms with Crippen LogP contribution in [0.2, 0.25) is 0 Å². The molecule has 1 aliphatic rings. The van der Waals surface area contributed by atoms with Gasteiger partial charge < -0.3 is 10.6 Å². The summed E-state index contributed by atoms with van der Waals surface area (Å²) >= 11 is 1.53. The van der Waals surface area contributed by atoms with E-state index in [0.717, 1.165) is 24.6 Å². The van der Waals surface area contributed by atoms with Gasteiger partial charge in [-0.3, -0.25) is 0 Å². The second kappa shape index (κ2) is 4.28. The Bertz CT molecular complexity index is 293. The third kappa shape index (κ3) is 2.96. The molecule has 0 unspecified atom stereocenters. The average Bonchev–Trinajstić information content (AvgIpc) is 2.85. The Hall–Kier alpha value is -0.610. The summed E-state index contributed by atoms with van der Waals surface area (Å²) in [6.45, 7) is 2.35. The van der Waals surface area contributed by atoms with Crippen molar-refractivity contribution in [2.75, 3.05) is 25.9 Å². The van der Waals surface area contributed by atoms with Gasteiger partial charge in [-0.1, -0.05) is 0 Å². The van der Waals surface area contributed by atoms with Crippen LogP contribution in [0, 0.1) is 5.92 Å². The molecule has 78 valence electrons. The predicted octanol–water partition coefficient (Wildman–Crippen LogP) is 1.61. The predicted molar refractivity (Wildman–Crippen MR) is 60.5 cm³/mol. The normalized spacial score (nSPS) is 16.4. The van der Waals surface area contributed by atoms with Gasteiger partial charge in [0.15, 0.2) is 5.13 Å². The van der Waals surface area contributed by atoms with E-state index in [1.165, 1.54) is 30.7 Å². The van der Waals surface area contributed by atoms with Gasteiger partial charge in [0, 0.05) is 24.9 Å². The molecule has 1 heterocycles. The van der Waals surface area contributed by atoms with Gasteiger partial charge in [-0.25, -0.2) is 4.98 Å². The van der Waals surface area contributed by atoms with Crippen LogP contribution in [0.4, 0.5) is 5.13 Å². The molecule has 0 spiro atoms. The van der Waals surface area contributed by atoms with Crippen molar-refractivity contribution in [3.8, 4) is 0 Å². The molecule has 2 N–H and O–H groups in total. The zero-order valence-corrected chi connectivity index (χ0v) is 9.39. The Morgan fingerprint density at radius 3 is 3.00 bits per heavy atom. The van der Waals surface area contributed by atoms with E-state index in [4.69, 9.17) is 5.73 Å². The summed E-state index contributed by atoms with van der Waals surface area (Å²) in [5.41, 5.74) is 6.70. The van der Waals surface area contributed by atoms with Crippen LogP contribution in [0.1, 0.15) is 18.5 Å². The highest BCUT2D eigenvalue weighted by Crippen LogP contribution is 2.29. The second-order valence-electron chi connectivity index (χ2n) is 4.13.